The molecule has 19 heavy (non-hydrogen) atoms. The van der Waals surface area contributed by atoms with Gasteiger partial charge in [-0.25, -0.2) is 0 Å². The lowest BCUT2D eigenvalue weighted by atomic mass is 10.2. The Balaban J connectivity index is 1.90. The van der Waals surface area contributed by atoms with E-state index in [2.05, 4.69) is 5.32 Å². The quantitative estimate of drug-likeness (QED) is 0.529. The minimum absolute atomic E-state index is 0.126. The van der Waals surface area contributed by atoms with Crippen molar-refractivity contribution in [3.63, 3.8) is 0 Å². The van der Waals surface area contributed by atoms with Gasteiger partial charge in [0.2, 0.25) is 5.91 Å². The molecule has 98 valence electrons. The number of aryl methyl sites for hydroxylation is 1. The van der Waals surface area contributed by atoms with E-state index in [0.29, 0.717) is 5.03 Å². The first-order chi connectivity index (χ1) is 9.15. The zero-order valence-corrected chi connectivity index (χ0v) is 11.3. The number of aromatic nitrogens is 1. The van der Waals surface area contributed by atoms with Crippen LogP contribution in [0.2, 0.25) is 0 Å². The second-order valence-corrected chi connectivity index (χ2v) is 5.07. The van der Waals surface area contributed by atoms with E-state index in [1.165, 1.54) is 18.0 Å². The predicted molar refractivity (Wildman–Crippen MR) is 75.9 cm³/mol. The molecule has 0 unspecified atom stereocenters. The van der Waals surface area contributed by atoms with E-state index in [0.717, 1.165) is 16.0 Å². The zero-order valence-electron chi connectivity index (χ0n) is 10.5. The molecule has 0 aliphatic carbocycles. The monoisotopic (exact) mass is 274 g/mol. The van der Waals surface area contributed by atoms with E-state index in [-0.39, 0.29) is 11.7 Å². The van der Waals surface area contributed by atoms with Crippen molar-refractivity contribution in [2.24, 2.45) is 0 Å². The van der Waals surface area contributed by atoms with Crippen molar-refractivity contribution >= 4 is 23.4 Å². The maximum Gasteiger partial charge on any atom is 0.251 e. The smallest absolute Gasteiger partial charge is 0.251 e. The number of pyridine rings is 1. The molecule has 2 aromatic rings. The number of amides is 1. The molecule has 4 nitrogen and oxygen atoms in total. The van der Waals surface area contributed by atoms with Gasteiger partial charge in [-0.15, -0.1) is 0 Å². The van der Waals surface area contributed by atoms with Gasteiger partial charge in [0, 0.05) is 17.8 Å². The summed E-state index contributed by atoms with van der Waals surface area (Å²) in [7, 11) is 0. The third-order valence-electron chi connectivity index (χ3n) is 2.44. The van der Waals surface area contributed by atoms with Crippen LogP contribution in [0.1, 0.15) is 5.56 Å². The fourth-order valence-electron chi connectivity index (χ4n) is 1.58. The standard InChI is InChI=1S/C14H14N2O2S/c1-11-5-4-6-12(9-11)15-13(17)10-19-14-7-2-3-8-16(14)18/h2-9H,10H2,1H3,(H,15,17). The summed E-state index contributed by atoms with van der Waals surface area (Å²) in [6.45, 7) is 1.97. The lowest BCUT2D eigenvalue weighted by Crippen LogP contribution is -2.28. The van der Waals surface area contributed by atoms with Crippen LogP contribution in [0.3, 0.4) is 0 Å². The molecule has 1 N–H and O–H groups in total. The summed E-state index contributed by atoms with van der Waals surface area (Å²) >= 11 is 1.22. The molecule has 0 aliphatic heterocycles. The van der Waals surface area contributed by atoms with Crippen molar-refractivity contribution < 1.29 is 9.52 Å². The maximum atomic E-state index is 11.8. The summed E-state index contributed by atoms with van der Waals surface area (Å²) in [6.07, 6.45) is 1.42. The Kier molecular flexibility index (Phi) is 4.41. The van der Waals surface area contributed by atoms with Gasteiger partial charge in [0.15, 0.2) is 6.20 Å². The van der Waals surface area contributed by atoms with Gasteiger partial charge in [0.1, 0.15) is 0 Å². The average molecular weight is 274 g/mol. The van der Waals surface area contributed by atoms with E-state index >= 15 is 0 Å². The minimum atomic E-state index is -0.126. The number of thioether (sulfide) groups is 1. The number of benzene rings is 1. The molecule has 0 aliphatic rings. The number of hydrogen-bond donors (Lipinski definition) is 1. The average Bonchev–Trinajstić information content (AvgIpc) is 2.38. The summed E-state index contributed by atoms with van der Waals surface area (Å²) in [5, 5.41) is 14.7. The Hall–Kier alpha value is -2.01. The minimum Gasteiger partial charge on any atom is -0.618 e. The molecule has 1 aromatic carbocycles. The molecule has 0 radical (unpaired) electrons. The molecule has 2 rings (SSSR count). The Morgan fingerprint density at radius 3 is 2.89 bits per heavy atom. The van der Waals surface area contributed by atoms with Crippen LogP contribution >= 0.6 is 11.8 Å². The van der Waals surface area contributed by atoms with Crippen LogP contribution in [0.5, 0.6) is 0 Å². The first-order valence-electron chi connectivity index (χ1n) is 5.82. The van der Waals surface area contributed by atoms with Crippen LogP contribution in [0.4, 0.5) is 5.69 Å². The molecule has 0 spiro atoms. The van der Waals surface area contributed by atoms with E-state index in [4.69, 9.17) is 0 Å². The lowest BCUT2D eigenvalue weighted by Gasteiger charge is -2.06. The van der Waals surface area contributed by atoms with E-state index in [9.17, 15) is 10.0 Å². The summed E-state index contributed by atoms with van der Waals surface area (Å²) in [5.74, 6) is 0.0830. The molecule has 1 aromatic heterocycles. The topological polar surface area (TPSA) is 56.0 Å². The maximum absolute atomic E-state index is 11.8. The second-order valence-electron chi connectivity index (χ2n) is 4.07. The highest BCUT2D eigenvalue weighted by Crippen LogP contribution is 2.14. The zero-order chi connectivity index (χ0) is 13.7. The van der Waals surface area contributed by atoms with Gasteiger partial charge in [0.25, 0.3) is 5.03 Å². The van der Waals surface area contributed by atoms with Gasteiger partial charge in [-0.05, 0) is 42.4 Å². The highest BCUT2D eigenvalue weighted by atomic mass is 32.2. The summed E-state index contributed by atoms with van der Waals surface area (Å²) in [5.41, 5.74) is 1.86. The van der Waals surface area contributed by atoms with Gasteiger partial charge in [-0.1, -0.05) is 12.1 Å². The summed E-state index contributed by atoms with van der Waals surface area (Å²) < 4.78 is 0.755. The summed E-state index contributed by atoms with van der Waals surface area (Å²) in [4.78, 5) is 11.8. The molecule has 0 fully saturated rings. The van der Waals surface area contributed by atoms with E-state index < -0.39 is 0 Å². The number of nitrogens with zero attached hydrogens (tertiary/aromatic N) is 1. The van der Waals surface area contributed by atoms with Crippen LogP contribution < -0.4 is 10.0 Å². The molecule has 5 heteroatoms. The second kappa shape index (κ2) is 6.24. The first kappa shape index (κ1) is 13.4. The first-order valence-corrected chi connectivity index (χ1v) is 6.81. The van der Waals surface area contributed by atoms with Crippen LogP contribution in [0.15, 0.2) is 53.7 Å². The van der Waals surface area contributed by atoms with Gasteiger partial charge < -0.3 is 10.5 Å². The highest BCUT2D eigenvalue weighted by Gasteiger charge is 2.09. The van der Waals surface area contributed by atoms with E-state index in [1.54, 1.807) is 18.2 Å². The summed E-state index contributed by atoms with van der Waals surface area (Å²) in [6, 6.07) is 12.7. The Bertz CT molecular complexity index is 587. The Morgan fingerprint density at radius 2 is 2.16 bits per heavy atom. The Labute approximate surface area is 116 Å². The molecular weight excluding hydrogens is 260 g/mol. The molecular formula is C14H14N2O2S. The molecule has 0 saturated heterocycles. The van der Waals surface area contributed by atoms with Crippen molar-refractivity contribution in [1.82, 2.24) is 0 Å². The van der Waals surface area contributed by atoms with Gasteiger partial charge >= 0.3 is 0 Å². The number of carbonyl (C=O) groups excluding carboxylic acids is 1. The van der Waals surface area contributed by atoms with Crippen LogP contribution in [-0.2, 0) is 4.79 Å². The van der Waals surface area contributed by atoms with Gasteiger partial charge in [-0.2, -0.15) is 4.73 Å². The number of anilines is 1. The number of rotatable bonds is 4. The van der Waals surface area contributed by atoms with Crippen LogP contribution in [0, 0.1) is 12.1 Å². The number of hydrogen-bond acceptors (Lipinski definition) is 3. The largest absolute Gasteiger partial charge is 0.618 e. The Morgan fingerprint density at radius 1 is 1.32 bits per heavy atom. The van der Waals surface area contributed by atoms with Crippen molar-refractivity contribution in [2.45, 2.75) is 11.9 Å². The van der Waals surface area contributed by atoms with Crippen molar-refractivity contribution in [1.29, 1.82) is 0 Å². The van der Waals surface area contributed by atoms with E-state index in [1.807, 2.05) is 31.2 Å². The highest BCUT2D eigenvalue weighted by molar-refractivity contribution is 7.99. The van der Waals surface area contributed by atoms with Crippen molar-refractivity contribution in [3.8, 4) is 0 Å². The SMILES string of the molecule is Cc1cccc(NC(=O)CSc2cccc[n+]2[O-])c1. The van der Waals surface area contributed by atoms with Gasteiger partial charge in [-0.3, -0.25) is 4.79 Å². The fourth-order valence-corrected chi connectivity index (χ4v) is 2.30. The van der Waals surface area contributed by atoms with Crippen LogP contribution in [0.25, 0.3) is 0 Å². The lowest BCUT2D eigenvalue weighted by molar-refractivity contribution is -0.645. The van der Waals surface area contributed by atoms with Gasteiger partial charge in [0.05, 0.1) is 5.75 Å². The molecule has 0 bridgehead atoms. The van der Waals surface area contributed by atoms with Crippen molar-refractivity contribution in [3.05, 3.63) is 59.4 Å². The normalized spacial score (nSPS) is 10.2. The molecule has 1 amide bonds. The third kappa shape index (κ3) is 3.99. The van der Waals surface area contributed by atoms with Crippen LogP contribution in [-0.4, -0.2) is 11.7 Å². The molecule has 0 saturated carbocycles. The number of carbonyl (C=O) groups is 1. The fraction of sp³-hybridized carbons (Fsp3) is 0.143. The van der Waals surface area contributed by atoms with Crippen molar-refractivity contribution in [2.75, 3.05) is 11.1 Å². The molecule has 0 atom stereocenters. The number of nitrogens with one attached hydrogen (secondary N) is 1. The predicted octanol–water partition coefficient (Wildman–Crippen LogP) is 2.36. The third-order valence-corrected chi connectivity index (χ3v) is 3.46. The molecule has 1 heterocycles.